The molecule has 1 fully saturated rings. The molecule has 0 unspecified atom stereocenters. The molecule has 1 aliphatic rings. The number of carbonyl (C=O) groups excluding carboxylic acids is 1. The molecule has 8 heteroatoms. The number of benzene rings is 2. The third-order valence-corrected chi connectivity index (χ3v) is 5.27. The second-order valence-corrected chi connectivity index (χ2v) is 7.17. The van der Waals surface area contributed by atoms with Crippen molar-refractivity contribution in [3.8, 4) is 11.3 Å². The van der Waals surface area contributed by atoms with Crippen LogP contribution < -0.4 is 10.2 Å². The first kappa shape index (κ1) is 19.5. The summed E-state index contributed by atoms with van der Waals surface area (Å²) in [4.78, 5) is 25.4. The lowest BCUT2D eigenvalue weighted by Crippen LogP contribution is -2.38. The van der Waals surface area contributed by atoms with Crippen molar-refractivity contribution in [2.75, 3.05) is 23.3 Å². The van der Waals surface area contributed by atoms with Gasteiger partial charge in [0.2, 0.25) is 5.91 Å². The zero-order valence-corrected chi connectivity index (χ0v) is 16.3. The summed E-state index contributed by atoms with van der Waals surface area (Å²) < 4.78 is 0. The first-order valence-corrected chi connectivity index (χ1v) is 9.80. The van der Waals surface area contributed by atoms with E-state index < -0.39 is 4.92 Å². The Labute approximate surface area is 173 Å². The number of amides is 1. The minimum atomic E-state index is -0.490. The third kappa shape index (κ3) is 4.27. The van der Waals surface area contributed by atoms with Gasteiger partial charge in [-0.15, -0.1) is 10.2 Å². The maximum Gasteiger partial charge on any atom is 0.292 e. The number of nitro groups is 1. The fourth-order valence-electron chi connectivity index (χ4n) is 3.60. The van der Waals surface area contributed by atoms with Crippen LogP contribution in [0.1, 0.15) is 12.8 Å². The molecule has 8 nitrogen and oxygen atoms in total. The first-order chi connectivity index (χ1) is 14.6. The number of anilines is 2. The molecule has 4 rings (SSSR count). The van der Waals surface area contributed by atoms with Crippen LogP contribution in [0.4, 0.5) is 17.2 Å². The molecule has 30 heavy (non-hydrogen) atoms. The lowest BCUT2D eigenvalue weighted by Gasteiger charge is -2.31. The second-order valence-electron chi connectivity index (χ2n) is 7.17. The highest BCUT2D eigenvalue weighted by Gasteiger charge is 2.27. The second kappa shape index (κ2) is 8.69. The van der Waals surface area contributed by atoms with Crippen molar-refractivity contribution in [1.29, 1.82) is 0 Å². The number of nitrogens with one attached hydrogen (secondary N) is 1. The molecular weight excluding hydrogens is 382 g/mol. The summed E-state index contributed by atoms with van der Waals surface area (Å²) in [5, 5.41) is 22.5. The number of hydrogen-bond acceptors (Lipinski definition) is 6. The van der Waals surface area contributed by atoms with Crippen LogP contribution >= 0.6 is 0 Å². The molecule has 0 atom stereocenters. The maximum absolute atomic E-state index is 12.6. The largest absolute Gasteiger partial charge is 0.355 e. The highest BCUT2D eigenvalue weighted by atomic mass is 16.6. The molecule has 2 heterocycles. The molecule has 1 aromatic heterocycles. The molecule has 1 aliphatic heterocycles. The van der Waals surface area contributed by atoms with Crippen LogP contribution in [0.25, 0.3) is 11.3 Å². The van der Waals surface area contributed by atoms with Crippen molar-refractivity contribution in [1.82, 2.24) is 10.2 Å². The van der Waals surface area contributed by atoms with Crippen LogP contribution in [0.2, 0.25) is 0 Å². The molecule has 3 aromatic rings. The van der Waals surface area contributed by atoms with E-state index in [2.05, 4.69) is 20.4 Å². The number of piperidine rings is 1. The fraction of sp³-hybridized carbons (Fsp3) is 0.227. The topological polar surface area (TPSA) is 101 Å². The average molecular weight is 403 g/mol. The maximum atomic E-state index is 12.6. The summed E-state index contributed by atoms with van der Waals surface area (Å²) in [6, 6.07) is 19.9. The van der Waals surface area contributed by atoms with Crippen molar-refractivity contribution >= 4 is 23.1 Å². The summed E-state index contributed by atoms with van der Waals surface area (Å²) in [5.74, 6) is 0.402. The Balaban J connectivity index is 1.36. The zero-order valence-electron chi connectivity index (χ0n) is 16.3. The van der Waals surface area contributed by atoms with E-state index in [0.29, 0.717) is 25.9 Å². The van der Waals surface area contributed by atoms with Gasteiger partial charge in [0, 0.05) is 30.6 Å². The lowest BCUT2D eigenvalue weighted by molar-refractivity contribution is -0.383. The van der Waals surface area contributed by atoms with E-state index in [1.54, 1.807) is 18.2 Å². The smallest absolute Gasteiger partial charge is 0.292 e. The van der Waals surface area contributed by atoms with Gasteiger partial charge in [-0.3, -0.25) is 14.9 Å². The van der Waals surface area contributed by atoms with Crippen LogP contribution in [0, 0.1) is 16.0 Å². The number of rotatable bonds is 5. The van der Waals surface area contributed by atoms with Crippen molar-refractivity contribution in [2.24, 2.45) is 5.92 Å². The number of nitro benzene ring substituents is 1. The Hall–Kier alpha value is -3.81. The van der Waals surface area contributed by atoms with Gasteiger partial charge in [-0.25, -0.2) is 0 Å². The molecule has 0 radical (unpaired) electrons. The van der Waals surface area contributed by atoms with E-state index in [1.807, 2.05) is 42.5 Å². The molecule has 0 aliphatic carbocycles. The number of aromatic nitrogens is 2. The predicted octanol–water partition coefficient (Wildman–Crippen LogP) is 3.91. The lowest BCUT2D eigenvalue weighted by atomic mass is 9.95. The van der Waals surface area contributed by atoms with E-state index in [4.69, 9.17) is 0 Å². The molecule has 152 valence electrons. The van der Waals surface area contributed by atoms with Gasteiger partial charge in [0.1, 0.15) is 5.69 Å². The summed E-state index contributed by atoms with van der Waals surface area (Å²) in [6.07, 6.45) is 1.29. The van der Waals surface area contributed by atoms with Gasteiger partial charge < -0.3 is 10.2 Å². The standard InChI is InChI=1S/C22H21N5O3/c28-22(23-19-8-4-5-9-20(19)27(29)30)17-12-14-26(15-13-17)21-11-10-18(24-25-21)16-6-2-1-3-7-16/h1-11,17H,12-15H2,(H,23,28). The Morgan fingerprint density at radius 3 is 2.33 bits per heavy atom. The molecule has 2 aromatic carbocycles. The first-order valence-electron chi connectivity index (χ1n) is 9.80. The number of nitrogens with zero attached hydrogens (tertiary/aromatic N) is 4. The van der Waals surface area contributed by atoms with Gasteiger partial charge >= 0.3 is 0 Å². The van der Waals surface area contributed by atoms with Gasteiger partial charge in [-0.1, -0.05) is 42.5 Å². The van der Waals surface area contributed by atoms with E-state index in [1.165, 1.54) is 6.07 Å². The Morgan fingerprint density at radius 2 is 1.67 bits per heavy atom. The van der Waals surface area contributed by atoms with Crippen molar-refractivity contribution in [3.63, 3.8) is 0 Å². The summed E-state index contributed by atoms with van der Waals surface area (Å²) in [6.45, 7) is 1.35. The SMILES string of the molecule is O=C(Nc1ccccc1[N+](=O)[O-])C1CCN(c2ccc(-c3ccccc3)nn2)CC1. The van der Waals surface area contributed by atoms with Gasteiger partial charge in [0.25, 0.3) is 5.69 Å². The summed E-state index contributed by atoms with van der Waals surface area (Å²) >= 11 is 0. The van der Waals surface area contributed by atoms with Crippen LogP contribution in [0.15, 0.2) is 66.7 Å². The highest BCUT2D eigenvalue weighted by molar-refractivity contribution is 5.94. The Bertz CT molecular complexity index is 1030. The van der Waals surface area contributed by atoms with Crippen LogP contribution in [0.5, 0.6) is 0 Å². The fourth-order valence-corrected chi connectivity index (χ4v) is 3.60. The van der Waals surface area contributed by atoms with E-state index in [-0.39, 0.29) is 23.2 Å². The number of para-hydroxylation sites is 2. The zero-order chi connectivity index (χ0) is 20.9. The highest BCUT2D eigenvalue weighted by Crippen LogP contribution is 2.27. The normalized spacial score (nSPS) is 14.3. The molecule has 1 amide bonds. The van der Waals surface area contributed by atoms with Gasteiger partial charge in [0.15, 0.2) is 5.82 Å². The average Bonchev–Trinajstić information content (AvgIpc) is 2.80. The van der Waals surface area contributed by atoms with E-state index in [0.717, 1.165) is 17.1 Å². The Kier molecular flexibility index (Phi) is 5.65. The van der Waals surface area contributed by atoms with E-state index in [9.17, 15) is 14.9 Å². The van der Waals surface area contributed by atoms with Gasteiger partial charge in [-0.05, 0) is 31.0 Å². The number of hydrogen-bond donors (Lipinski definition) is 1. The van der Waals surface area contributed by atoms with Crippen molar-refractivity contribution in [3.05, 3.63) is 76.8 Å². The summed E-state index contributed by atoms with van der Waals surface area (Å²) in [5.41, 5.74) is 1.97. The van der Waals surface area contributed by atoms with E-state index >= 15 is 0 Å². The molecular formula is C22H21N5O3. The van der Waals surface area contributed by atoms with Crippen LogP contribution in [-0.2, 0) is 4.79 Å². The quantitative estimate of drug-likeness (QED) is 0.512. The monoisotopic (exact) mass is 403 g/mol. The molecule has 1 saturated heterocycles. The Morgan fingerprint density at radius 1 is 0.967 bits per heavy atom. The molecule has 0 spiro atoms. The van der Waals surface area contributed by atoms with Gasteiger partial charge in [-0.2, -0.15) is 0 Å². The van der Waals surface area contributed by atoms with Crippen LogP contribution in [-0.4, -0.2) is 34.1 Å². The molecule has 0 bridgehead atoms. The van der Waals surface area contributed by atoms with Crippen molar-refractivity contribution in [2.45, 2.75) is 12.8 Å². The molecule has 0 saturated carbocycles. The number of carbonyl (C=O) groups is 1. The third-order valence-electron chi connectivity index (χ3n) is 5.27. The van der Waals surface area contributed by atoms with Crippen molar-refractivity contribution < 1.29 is 9.72 Å². The molecule has 1 N–H and O–H groups in total. The summed E-state index contributed by atoms with van der Waals surface area (Å²) in [7, 11) is 0. The predicted molar refractivity (Wildman–Crippen MR) is 114 cm³/mol. The minimum Gasteiger partial charge on any atom is -0.355 e. The van der Waals surface area contributed by atoms with Crippen LogP contribution in [0.3, 0.4) is 0 Å². The minimum absolute atomic E-state index is 0.0999. The van der Waals surface area contributed by atoms with Gasteiger partial charge in [0.05, 0.1) is 10.6 Å².